The van der Waals surface area contributed by atoms with Crippen LogP contribution >= 0.6 is 23.2 Å². The number of carbonyl (C=O) groups excluding carboxylic acids is 1. The van der Waals surface area contributed by atoms with Crippen molar-refractivity contribution in [3.8, 4) is 11.3 Å². The summed E-state index contributed by atoms with van der Waals surface area (Å²) >= 11 is 12.1. The van der Waals surface area contributed by atoms with Gasteiger partial charge in [0.1, 0.15) is 5.76 Å². The van der Waals surface area contributed by atoms with Crippen LogP contribution in [0.25, 0.3) is 11.3 Å². The second kappa shape index (κ2) is 6.36. The SMILES string of the molecule is Nc1ccc(NC(=O)c2ccc(-c3cccc(Cl)c3Cl)o2)cc1. The smallest absolute Gasteiger partial charge is 0.291 e. The van der Waals surface area contributed by atoms with Gasteiger partial charge in [-0.25, -0.2) is 0 Å². The van der Waals surface area contributed by atoms with Crippen molar-refractivity contribution in [2.75, 3.05) is 11.1 Å². The molecule has 0 atom stereocenters. The summed E-state index contributed by atoms with van der Waals surface area (Å²) in [6, 6.07) is 15.3. The summed E-state index contributed by atoms with van der Waals surface area (Å²) in [4.78, 5) is 12.2. The second-order valence-corrected chi connectivity index (χ2v) is 5.63. The molecule has 3 aromatic rings. The van der Waals surface area contributed by atoms with Crippen molar-refractivity contribution in [3.05, 3.63) is 70.4 Å². The van der Waals surface area contributed by atoms with Gasteiger partial charge in [-0.15, -0.1) is 0 Å². The maximum Gasteiger partial charge on any atom is 0.291 e. The second-order valence-electron chi connectivity index (χ2n) is 4.84. The molecule has 3 N–H and O–H groups in total. The molecule has 23 heavy (non-hydrogen) atoms. The van der Waals surface area contributed by atoms with E-state index in [1.807, 2.05) is 0 Å². The summed E-state index contributed by atoms with van der Waals surface area (Å²) in [5, 5.41) is 3.54. The summed E-state index contributed by atoms with van der Waals surface area (Å²) in [5.41, 5.74) is 7.49. The number of furan rings is 1. The van der Waals surface area contributed by atoms with Gasteiger partial charge in [0.2, 0.25) is 0 Å². The fourth-order valence-electron chi connectivity index (χ4n) is 2.06. The predicted molar refractivity (Wildman–Crippen MR) is 93.0 cm³/mol. The molecule has 1 heterocycles. The van der Waals surface area contributed by atoms with Crippen molar-refractivity contribution in [2.24, 2.45) is 0 Å². The number of benzene rings is 2. The molecule has 0 aliphatic heterocycles. The van der Waals surface area contributed by atoms with Gasteiger partial charge in [0.05, 0.1) is 10.0 Å². The Bertz CT molecular complexity index is 857. The van der Waals surface area contributed by atoms with E-state index in [1.165, 1.54) is 0 Å². The highest BCUT2D eigenvalue weighted by Crippen LogP contribution is 2.34. The van der Waals surface area contributed by atoms with Crippen LogP contribution in [0.1, 0.15) is 10.6 Å². The molecule has 0 aliphatic rings. The predicted octanol–water partition coefficient (Wildman–Crippen LogP) is 5.09. The summed E-state index contributed by atoms with van der Waals surface area (Å²) in [6.45, 7) is 0. The number of nitrogens with two attached hydrogens (primary N) is 1. The Balaban J connectivity index is 1.82. The summed E-state index contributed by atoms with van der Waals surface area (Å²) in [6.07, 6.45) is 0. The highest BCUT2D eigenvalue weighted by atomic mass is 35.5. The van der Waals surface area contributed by atoms with Crippen LogP contribution in [-0.4, -0.2) is 5.91 Å². The van der Waals surface area contributed by atoms with Crippen molar-refractivity contribution in [1.29, 1.82) is 0 Å². The molecule has 2 aromatic carbocycles. The van der Waals surface area contributed by atoms with Crippen LogP contribution in [0.4, 0.5) is 11.4 Å². The highest BCUT2D eigenvalue weighted by Gasteiger charge is 2.15. The molecule has 6 heteroatoms. The zero-order valence-electron chi connectivity index (χ0n) is 11.8. The van der Waals surface area contributed by atoms with Crippen LogP contribution in [0, 0.1) is 0 Å². The van der Waals surface area contributed by atoms with Gasteiger partial charge in [-0.3, -0.25) is 4.79 Å². The number of carbonyl (C=O) groups is 1. The molecule has 0 aliphatic carbocycles. The lowest BCUT2D eigenvalue weighted by Gasteiger charge is -2.04. The lowest BCUT2D eigenvalue weighted by atomic mass is 10.2. The number of rotatable bonds is 3. The third kappa shape index (κ3) is 3.33. The van der Waals surface area contributed by atoms with Gasteiger partial charge in [0.15, 0.2) is 5.76 Å². The van der Waals surface area contributed by atoms with Gasteiger partial charge in [-0.1, -0.05) is 29.3 Å². The first kappa shape index (κ1) is 15.5. The molecule has 1 aromatic heterocycles. The molecule has 0 radical (unpaired) electrons. The number of amides is 1. The van der Waals surface area contributed by atoms with Gasteiger partial charge >= 0.3 is 0 Å². The molecule has 4 nitrogen and oxygen atoms in total. The van der Waals surface area contributed by atoms with Crippen molar-refractivity contribution >= 4 is 40.5 Å². The van der Waals surface area contributed by atoms with Crippen molar-refractivity contribution in [3.63, 3.8) is 0 Å². The minimum atomic E-state index is -0.362. The Labute approximate surface area is 142 Å². The molecule has 3 rings (SSSR count). The summed E-state index contributed by atoms with van der Waals surface area (Å²) in [5.74, 6) is 0.284. The lowest BCUT2D eigenvalue weighted by molar-refractivity contribution is 0.0997. The molecule has 116 valence electrons. The number of anilines is 2. The third-order valence-electron chi connectivity index (χ3n) is 3.22. The molecule has 0 bridgehead atoms. The highest BCUT2D eigenvalue weighted by molar-refractivity contribution is 6.43. The zero-order chi connectivity index (χ0) is 16.4. The van der Waals surface area contributed by atoms with Gasteiger partial charge in [0, 0.05) is 16.9 Å². The standard InChI is InChI=1S/C17H12Cl2N2O2/c18-13-3-1-2-12(16(13)19)14-8-9-15(23-14)17(22)21-11-6-4-10(20)5-7-11/h1-9H,20H2,(H,21,22). The van der Waals surface area contributed by atoms with Crippen LogP contribution in [0.5, 0.6) is 0 Å². The van der Waals surface area contributed by atoms with E-state index in [-0.39, 0.29) is 11.7 Å². The molecular formula is C17H12Cl2N2O2. The molecular weight excluding hydrogens is 335 g/mol. The molecule has 0 unspecified atom stereocenters. The Morgan fingerprint density at radius 1 is 1.00 bits per heavy atom. The summed E-state index contributed by atoms with van der Waals surface area (Å²) < 4.78 is 5.58. The average Bonchev–Trinajstić information content (AvgIpc) is 3.02. The Morgan fingerprint density at radius 2 is 1.74 bits per heavy atom. The normalized spacial score (nSPS) is 10.5. The zero-order valence-corrected chi connectivity index (χ0v) is 13.4. The molecule has 0 saturated heterocycles. The first-order chi connectivity index (χ1) is 11.0. The number of halogens is 2. The van der Waals surface area contributed by atoms with E-state index in [2.05, 4.69) is 5.32 Å². The largest absolute Gasteiger partial charge is 0.451 e. The van der Waals surface area contributed by atoms with Crippen LogP contribution in [0.15, 0.2) is 59.0 Å². The van der Waals surface area contributed by atoms with E-state index in [1.54, 1.807) is 54.6 Å². The maximum atomic E-state index is 12.2. The summed E-state index contributed by atoms with van der Waals surface area (Å²) in [7, 11) is 0. The molecule has 1 amide bonds. The Morgan fingerprint density at radius 3 is 2.48 bits per heavy atom. The lowest BCUT2D eigenvalue weighted by Crippen LogP contribution is -2.10. The Kier molecular flexibility index (Phi) is 4.28. The number of nitrogen functional groups attached to an aromatic ring is 1. The minimum Gasteiger partial charge on any atom is -0.451 e. The van der Waals surface area contributed by atoms with Crippen LogP contribution < -0.4 is 11.1 Å². The van der Waals surface area contributed by atoms with E-state index in [0.29, 0.717) is 32.7 Å². The van der Waals surface area contributed by atoms with E-state index in [4.69, 9.17) is 33.4 Å². The first-order valence-corrected chi connectivity index (χ1v) is 7.51. The molecule has 0 fully saturated rings. The van der Waals surface area contributed by atoms with Crippen molar-refractivity contribution in [1.82, 2.24) is 0 Å². The van der Waals surface area contributed by atoms with Gasteiger partial charge in [0.25, 0.3) is 5.91 Å². The fraction of sp³-hybridized carbons (Fsp3) is 0. The topological polar surface area (TPSA) is 68.3 Å². The van der Waals surface area contributed by atoms with Gasteiger partial charge in [-0.05, 0) is 48.5 Å². The van der Waals surface area contributed by atoms with Crippen LogP contribution in [0.2, 0.25) is 10.0 Å². The van der Waals surface area contributed by atoms with E-state index in [0.717, 1.165) is 0 Å². The number of hydrogen-bond donors (Lipinski definition) is 2. The first-order valence-electron chi connectivity index (χ1n) is 6.76. The number of nitrogens with one attached hydrogen (secondary N) is 1. The minimum absolute atomic E-state index is 0.174. The average molecular weight is 347 g/mol. The van der Waals surface area contributed by atoms with Crippen molar-refractivity contribution in [2.45, 2.75) is 0 Å². The molecule has 0 spiro atoms. The molecule has 0 saturated carbocycles. The third-order valence-corrected chi connectivity index (χ3v) is 4.03. The van der Waals surface area contributed by atoms with E-state index >= 15 is 0 Å². The van der Waals surface area contributed by atoms with Crippen molar-refractivity contribution < 1.29 is 9.21 Å². The fourth-order valence-corrected chi connectivity index (χ4v) is 2.45. The van der Waals surface area contributed by atoms with Crippen LogP contribution in [-0.2, 0) is 0 Å². The number of hydrogen-bond acceptors (Lipinski definition) is 3. The van der Waals surface area contributed by atoms with Crippen LogP contribution in [0.3, 0.4) is 0 Å². The van der Waals surface area contributed by atoms with Gasteiger partial charge < -0.3 is 15.5 Å². The van der Waals surface area contributed by atoms with E-state index in [9.17, 15) is 4.79 Å². The maximum absolute atomic E-state index is 12.2. The Hall–Kier alpha value is -2.43. The quantitative estimate of drug-likeness (QED) is 0.649. The monoisotopic (exact) mass is 346 g/mol. The van der Waals surface area contributed by atoms with E-state index < -0.39 is 0 Å². The van der Waals surface area contributed by atoms with Gasteiger partial charge in [-0.2, -0.15) is 0 Å².